The summed E-state index contributed by atoms with van der Waals surface area (Å²) in [5.74, 6) is 0. The molecule has 0 fully saturated rings. The molecule has 0 bridgehead atoms. The van der Waals surface area contributed by atoms with Gasteiger partial charge in [-0.05, 0) is 36.8 Å². The van der Waals surface area contributed by atoms with Crippen LogP contribution in [0.25, 0.3) is 0 Å². The van der Waals surface area contributed by atoms with Crippen LogP contribution in [0.1, 0.15) is 18.6 Å². The Hall–Kier alpha value is -0.670. The highest BCUT2D eigenvalue weighted by Gasteiger charge is 2.08. The molecule has 0 unspecified atom stereocenters. The standard InChI is InChI=1S/C14H12Cl2OS/c1-9(17)10-6-7-14(12(16)8-10)18-13-5-3-2-4-11(13)15/h2-9,17H,1H3/t9-/m0/s1. The predicted octanol–water partition coefficient (Wildman–Crippen LogP) is 5.20. The minimum absolute atomic E-state index is 0.512. The summed E-state index contributed by atoms with van der Waals surface area (Å²) in [5.41, 5.74) is 0.809. The van der Waals surface area contributed by atoms with E-state index in [2.05, 4.69) is 0 Å². The van der Waals surface area contributed by atoms with Gasteiger partial charge in [-0.15, -0.1) is 0 Å². The summed E-state index contributed by atoms with van der Waals surface area (Å²) in [6, 6.07) is 13.2. The molecular weight excluding hydrogens is 287 g/mol. The topological polar surface area (TPSA) is 20.2 Å². The first-order valence-corrected chi connectivity index (χ1v) is 7.05. The molecule has 2 rings (SSSR count). The fourth-order valence-electron chi connectivity index (χ4n) is 1.51. The molecule has 0 heterocycles. The van der Waals surface area contributed by atoms with Crippen molar-refractivity contribution in [2.45, 2.75) is 22.8 Å². The largest absolute Gasteiger partial charge is 0.389 e. The van der Waals surface area contributed by atoms with Crippen molar-refractivity contribution in [3.05, 3.63) is 58.1 Å². The maximum atomic E-state index is 9.49. The number of hydrogen-bond donors (Lipinski definition) is 1. The molecule has 1 atom stereocenters. The number of aliphatic hydroxyl groups excluding tert-OH is 1. The van der Waals surface area contributed by atoms with E-state index >= 15 is 0 Å². The highest BCUT2D eigenvalue weighted by molar-refractivity contribution is 7.99. The Balaban J connectivity index is 2.28. The Morgan fingerprint density at radius 3 is 2.28 bits per heavy atom. The summed E-state index contributed by atoms with van der Waals surface area (Å²) in [6.45, 7) is 1.71. The zero-order valence-electron chi connectivity index (χ0n) is 9.73. The number of hydrogen-bond acceptors (Lipinski definition) is 2. The fourth-order valence-corrected chi connectivity index (χ4v) is 2.90. The summed E-state index contributed by atoms with van der Waals surface area (Å²) in [5, 5.41) is 10.8. The second-order valence-corrected chi connectivity index (χ2v) is 5.80. The van der Waals surface area contributed by atoms with E-state index in [1.54, 1.807) is 13.0 Å². The van der Waals surface area contributed by atoms with Gasteiger partial charge in [0.1, 0.15) is 0 Å². The van der Waals surface area contributed by atoms with E-state index in [-0.39, 0.29) is 0 Å². The van der Waals surface area contributed by atoms with E-state index in [4.69, 9.17) is 23.2 Å². The zero-order valence-corrected chi connectivity index (χ0v) is 12.1. The van der Waals surface area contributed by atoms with Crippen molar-refractivity contribution < 1.29 is 5.11 Å². The molecular formula is C14H12Cl2OS. The van der Waals surface area contributed by atoms with Gasteiger partial charge in [-0.3, -0.25) is 0 Å². The molecule has 0 aliphatic carbocycles. The third kappa shape index (κ3) is 3.21. The van der Waals surface area contributed by atoms with Crippen molar-refractivity contribution in [3.63, 3.8) is 0 Å². The average Bonchev–Trinajstić information content (AvgIpc) is 2.34. The van der Waals surface area contributed by atoms with Crippen molar-refractivity contribution in [2.75, 3.05) is 0 Å². The number of halogens is 2. The lowest BCUT2D eigenvalue weighted by Gasteiger charge is -2.09. The summed E-state index contributed by atoms with van der Waals surface area (Å²) in [4.78, 5) is 1.89. The highest BCUT2D eigenvalue weighted by Crippen LogP contribution is 2.37. The summed E-state index contributed by atoms with van der Waals surface area (Å²) in [7, 11) is 0. The van der Waals surface area contributed by atoms with Gasteiger partial charge in [0.2, 0.25) is 0 Å². The molecule has 4 heteroatoms. The molecule has 18 heavy (non-hydrogen) atoms. The van der Waals surface area contributed by atoms with Crippen LogP contribution in [0.4, 0.5) is 0 Å². The molecule has 0 spiro atoms. The molecule has 1 nitrogen and oxygen atoms in total. The molecule has 94 valence electrons. The zero-order chi connectivity index (χ0) is 13.1. The predicted molar refractivity (Wildman–Crippen MR) is 77.7 cm³/mol. The number of benzene rings is 2. The second kappa shape index (κ2) is 5.98. The summed E-state index contributed by atoms with van der Waals surface area (Å²) in [6.07, 6.45) is -0.512. The Morgan fingerprint density at radius 1 is 1.00 bits per heavy atom. The third-order valence-corrected chi connectivity index (χ3v) is 4.51. The van der Waals surface area contributed by atoms with Gasteiger partial charge >= 0.3 is 0 Å². The van der Waals surface area contributed by atoms with E-state index in [0.29, 0.717) is 10.0 Å². The summed E-state index contributed by atoms with van der Waals surface area (Å²) >= 11 is 13.8. The van der Waals surface area contributed by atoms with Crippen LogP contribution in [0.15, 0.2) is 52.3 Å². The van der Waals surface area contributed by atoms with E-state index in [1.807, 2.05) is 36.4 Å². The molecule has 2 aromatic carbocycles. The Labute approximate surface area is 121 Å². The van der Waals surface area contributed by atoms with Crippen LogP contribution in [0, 0.1) is 0 Å². The second-order valence-electron chi connectivity index (χ2n) is 3.90. The Kier molecular flexibility index (Phi) is 4.57. The SMILES string of the molecule is C[C@H](O)c1ccc(Sc2ccccc2Cl)c(Cl)c1. The lowest BCUT2D eigenvalue weighted by molar-refractivity contribution is 0.199. The van der Waals surface area contributed by atoms with Crippen LogP contribution < -0.4 is 0 Å². The van der Waals surface area contributed by atoms with Crippen molar-refractivity contribution in [3.8, 4) is 0 Å². The first kappa shape index (κ1) is 13.8. The average molecular weight is 299 g/mol. The molecule has 0 saturated carbocycles. The monoisotopic (exact) mass is 298 g/mol. The van der Waals surface area contributed by atoms with Crippen molar-refractivity contribution >= 4 is 35.0 Å². The lowest BCUT2D eigenvalue weighted by Crippen LogP contribution is -1.90. The fraction of sp³-hybridized carbons (Fsp3) is 0.143. The van der Waals surface area contributed by atoms with Crippen molar-refractivity contribution in [2.24, 2.45) is 0 Å². The van der Waals surface area contributed by atoms with Gasteiger partial charge in [-0.25, -0.2) is 0 Å². The van der Waals surface area contributed by atoms with Crippen LogP contribution in [-0.4, -0.2) is 5.11 Å². The first-order valence-electron chi connectivity index (χ1n) is 5.48. The molecule has 0 saturated heterocycles. The van der Waals surface area contributed by atoms with Crippen LogP contribution in [0.2, 0.25) is 10.0 Å². The quantitative estimate of drug-likeness (QED) is 0.840. The van der Waals surface area contributed by atoms with E-state index < -0.39 is 6.10 Å². The van der Waals surface area contributed by atoms with Gasteiger partial charge in [-0.2, -0.15) is 0 Å². The Bertz CT molecular complexity index is 555. The lowest BCUT2D eigenvalue weighted by atomic mass is 10.1. The molecule has 1 N–H and O–H groups in total. The van der Waals surface area contributed by atoms with Crippen LogP contribution in [0.5, 0.6) is 0 Å². The van der Waals surface area contributed by atoms with Gasteiger partial charge in [0.25, 0.3) is 0 Å². The van der Waals surface area contributed by atoms with Crippen LogP contribution in [0.3, 0.4) is 0 Å². The molecule has 0 aliphatic heterocycles. The molecule has 0 radical (unpaired) electrons. The number of aliphatic hydroxyl groups is 1. The van der Waals surface area contributed by atoms with Crippen LogP contribution >= 0.6 is 35.0 Å². The van der Waals surface area contributed by atoms with Crippen molar-refractivity contribution in [1.82, 2.24) is 0 Å². The van der Waals surface area contributed by atoms with Crippen LogP contribution in [-0.2, 0) is 0 Å². The van der Waals surface area contributed by atoms with Crippen molar-refractivity contribution in [1.29, 1.82) is 0 Å². The van der Waals surface area contributed by atoms with Gasteiger partial charge in [0.15, 0.2) is 0 Å². The molecule has 0 amide bonds. The summed E-state index contributed by atoms with van der Waals surface area (Å²) < 4.78 is 0. The third-order valence-electron chi connectivity index (χ3n) is 2.49. The smallest absolute Gasteiger partial charge is 0.0762 e. The minimum atomic E-state index is -0.512. The normalized spacial score (nSPS) is 12.4. The van der Waals surface area contributed by atoms with Gasteiger partial charge in [-0.1, -0.05) is 53.2 Å². The van der Waals surface area contributed by atoms with E-state index in [0.717, 1.165) is 15.4 Å². The highest BCUT2D eigenvalue weighted by atomic mass is 35.5. The van der Waals surface area contributed by atoms with Gasteiger partial charge in [0, 0.05) is 9.79 Å². The Morgan fingerprint density at radius 2 is 1.67 bits per heavy atom. The maximum absolute atomic E-state index is 9.49. The molecule has 2 aromatic rings. The first-order chi connectivity index (χ1) is 8.58. The molecule has 0 aliphatic rings. The van der Waals surface area contributed by atoms with Gasteiger partial charge < -0.3 is 5.11 Å². The van der Waals surface area contributed by atoms with E-state index in [1.165, 1.54) is 11.8 Å². The maximum Gasteiger partial charge on any atom is 0.0762 e. The minimum Gasteiger partial charge on any atom is -0.389 e. The molecule has 0 aromatic heterocycles. The van der Waals surface area contributed by atoms with E-state index in [9.17, 15) is 5.11 Å². The van der Waals surface area contributed by atoms with Gasteiger partial charge in [0.05, 0.1) is 16.1 Å². The number of rotatable bonds is 3.